The Morgan fingerprint density at radius 2 is 1.89 bits per heavy atom. The van der Waals surface area contributed by atoms with Crippen molar-refractivity contribution in [3.8, 4) is 5.75 Å². The molecule has 1 N–H and O–H groups in total. The van der Waals surface area contributed by atoms with Gasteiger partial charge in [0.2, 0.25) is 0 Å². The molecule has 0 aromatic heterocycles. The summed E-state index contributed by atoms with van der Waals surface area (Å²) in [5.74, 6) is 0.650. The van der Waals surface area contributed by atoms with Crippen molar-refractivity contribution in [2.75, 3.05) is 7.11 Å². The molecule has 0 bridgehead atoms. The minimum atomic E-state index is -0.205. The van der Waals surface area contributed by atoms with Crippen molar-refractivity contribution < 1.29 is 9.13 Å². The molecule has 0 aliphatic carbocycles. The third-order valence-corrected chi connectivity index (χ3v) is 3.12. The third-order valence-electron chi connectivity index (χ3n) is 3.12. The smallest absolute Gasteiger partial charge is 0.123 e. The Balaban J connectivity index is 1.96. The van der Waals surface area contributed by atoms with Gasteiger partial charge in [0.15, 0.2) is 0 Å². The van der Waals surface area contributed by atoms with E-state index < -0.39 is 0 Å². The van der Waals surface area contributed by atoms with E-state index in [0.29, 0.717) is 0 Å². The molecule has 0 aliphatic rings. The highest BCUT2D eigenvalue weighted by Gasteiger charge is 2.05. The SMILES string of the molecule is COc1cccc(CN[C@H](C)c2ccc(F)cc2)c1. The van der Waals surface area contributed by atoms with Crippen LogP contribution in [-0.4, -0.2) is 7.11 Å². The molecular weight excluding hydrogens is 241 g/mol. The quantitative estimate of drug-likeness (QED) is 0.884. The summed E-state index contributed by atoms with van der Waals surface area (Å²) in [4.78, 5) is 0. The van der Waals surface area contributed by atoms with Crippen LogP contribution in [0.25, 0.3) is 0 Å². The lowest BCUT2D eigenvalue weighted by molar-refractivity contribution is 0.414. The Bertz CT molecular complexity index is 525. The summed E-state index contributed by atoms with van der Waals surface area (Å²) in [5.41, 5.74) is 2.23. The van der Waals surface area contributed by atoms with Gasteiger partial charge in [-0.1, -0.05) is 24.3 Å². The predicted molar refractivity (Wildman–Crippen MR) is 74.6 cm³/mol. The first-order valence-electron chi connectivity index (χ1n) is 6.31. The minimum absolute atomic E-state index is 0.173. The molecule has 2 rings (SSSR count). The minimum Gasteiger partial charge on any atom is -0.497 e. The molecule has 0 saturated heterocycles. The number of rotatable bonds is 5. The van der Waals surface area contributed by atoms with E-state index in [1.54, 1.807) is 19.2 Å². The maximum absolute atomic E-state index is 12.8. The van der Waals surface area contributed by atoms with Gasteiger partial charge in [0.25, 0.3) is 0 Å². The molecule has 0 unspecified atom stereocenters. The zero-order valence-electron chi connectivity index (χ0n) is 11.2. The fraction of sp³-hybridized carbons (Fsp3) is 0.250. The lowest BCUT2D eigenvalue weighted by Gasteiger charge is -2.14. The monoisotopic (exact) mass is 259 g/mol. The maximum Gasteiger partial charge on any atom is 0.123 e. The second-order valence-electron chi connectivity index (χ2n) is 4.51. The molecule has 2 aromatic carbocycles. The Kier molecular flexibility index (Phi) is 4.53. The molecular formula is C16H18FNO. The van der Waals surface area contributed by atoms with Crippen LogP contribution in [0.5, 0.6) is 5.75 Å². The molecule has 0 radical (unpaired) electrons. The lowest BCUT2D eigenvalue weighted by atomic mass is 10.1. The molecule has 100 valence electrons. The van der Waals surface area contributed by atoms with E-state index in [2.05, 4.69) is 12.2 Å². The van der Waals surface area contributed by atoms with E-state index in [4.69, 9.17) is 4.74 Å². The molecule has 0 amide bonds. The van der Waals surface area contributed by atoms with Crippen LogP contribution in [0.4, 0.5) is 4.39 Å². The molecule has 2 aromatic rings. The molecule has 0 fully saturated rings. The molecule has 2 nitrogen and oxygen atoms in total. The normalized spacial score (nSPS) is 12.2. The van der Waals surface area contributed by atoms with E-state index in [1.807, 2.05) is 24.3 Å². The van der Waals surface area contributed by atoms with Crippen LogP contribution in [0.3, 0.4) is 0 Å². The van der Waals surface area contributed by atoms with Crippen molar-refractivity contribution in [1.82, 2.24) is 5.32 Å². The summed E-state index contributed by atoms with van der Waals surface area (Å²) in [7, 11) is 1.66. The summed E-state index contributed by atoms with van der Waals surface area (Å²) in [6, 6.07) is 14.7. The van der Waals surface area contributed by atoms with Gasteiger partial charge in [-0.15, -0.1) is 0 Å². The Hall–Kier alpha value is -1.87. The highest BCUT2D eigenvalue weighted by molar-refractivity contribution is 5.28. The fourth-order valence-corrected chi connectivity index (χ4v) is 1.92. The highest BCUT2D eigenvalue weighted by atomic mass is 19.1. The Morgan fingerprint density at radius 3 is 2.58 bits per heavy atom. The number of halogens is 1. The van der Waals surface area contributed by atoms with Crippen LogP contribution in [-0.2, 0) is 6.54 Å². The van der Waals surface area contributed by atoms with Gasteiger partial charge in [0.1, 0.15) is 11.6 Å². The third kappa shape index (κ3) is 3.80. The predicted octanol–water partition coefficient (Wildman–Crippen LogP) is 3.69. The molecule has 1 atom stereocenters. The summed E-state index contributed by atoms with van der Waals surface area (Å²) >= 11 is 0. The lowest BCUT2D eigenvalue weighted by Crippen LogP contribution is -2.18. The van der Waals surface area contributed by atoms with E-state index in [1.165, 1.54) is 12.1 Å². The number of hydrogen-bond acceptors (Lipinski definition) is 2. The second-order valence-corrected chi connectivity index (χ2v) is 4.51. The van der Waals surface area contributed by atoms with Crippen LogP contribution in [0, 0.1) is 5.82 Å². The van der Waals surface area contributed by atoms with Gasteiger partial charge < -0.3 is 10.1 Å². The number of benzene rings is 2. The summed E-state index contributed by atoms with van der Waals surface area (Å²) in [5, 5.41) is 3.41. The van der Waals surface area contributed by atoms with E-state index in [9.17, 15) is 4.39 Å². The molecule has 0 saturated carbocycles. The Labute approximate surface area is 113 Å². The van der Waals surface area contributed by atoms with Gasteiger partial charge >= 0.3 is 0 Å². The summed E-state index contributed by atoms with van der Waals surface area (Å²) in [6.45, 7) is 2.81. The molecule has 0 aliphatic heterocycles. The average Bonchev–Trinajstić information content (AvgIpc) is 2.46. The summed E-state index contributed by atoms with van der Waals surface area (Å²) in [6.07, 6.45) is 0. The maximum atomic E-state index is 12.8. The van der Waals surface area contributed by atoms with Crippen LogP contribution in [0.2, 0.25) is 0 Å². The number of nitrogens with one attached hydrogen (secondary N) is 1. The van der Waals surface area contributed by atoms with Crippen molar-refractivity contribution in [3.63, 3.8) is 0 Å². The van der Waals surface area contributed by atoms with E-state index in [-0.39, 0.29) is 11.9 Å². The number of hydrogen-bond donors (Lipinski definition) is 1. The van der Waals surface area contributed by atoms with Crippen LogP contribution >= 0.6 is 0 Å². The van der Waals surface area contributed by atoms with Crippen LogP contribution in [0.1, 0.15) is 24.1 Å². The first kappa shape index (κ1) is 13.6. The first-order chi connectivity index (χ1) is 9.19. The van der Waals surface area contributed by atoms with Gasteiger partial charge in [0, 0.05) is 12.6 Å². The standard InChI is InChI=1S/C16H18FNO/c1-12(14-6-8-15(17)9-7-14)18-11-13-4-3-5-16(10-13)19-2/h3-10,12,18H,11H2,1-2H3/t12-/m1/s1. The first-order valence-corrected chi connectivity index (χ1v) is 6.31. The van der Waals surface area contributed by atoms with Gasteiger partial charge in [-0.05, 0) is 42.3 Å². The van der Waals surface area contributed by atoms with Crippen molar-refractivity contribution in [1.29, 1.82) is 0 Å². The number of ether oxygens (including phenoxy) is 1. The highest BCUT2D eigenvalue weighted by Crippen LogP contribution is 2.16. The number of methoxy groups -OCH3 is 1. The van der Waals surface area contributed by atoms with Gasteiger partial charge in [-0.25, -0.2) is 4.39 Å². The van der Waals surface area contributed by atoms with Crippen LogP contribution in [0.15, 0.2) is 48.5 Å². The average molecular weight is 259 g/mol. The molecule has 0 heterocycles. The van der Waals surface area contributed by atoms with Crippen molar-refractivity contribution in [2.24, 2.45) is 0 Å². The molecule has 0 spiro atoms. The second kappa shape index (κ2) is 6.34. The van der Waals surface area contributed by atoms with E-state index >= 15 is 0 Å². The molecule has 19 heavy (non-hydrogen) atoms. The van der Waals surface area contributed by atoms with Gasteiger partial charge in [0.05, 0.1) is 7.11 Å². The zero-order chi connectivity index (χ0) is 13.7. The van der Waals surface area contributed by atoms with Crippen molar-refractivity contribution in [2.45, 2.75) is 19.5 Å². The van der Waals surface area contributed by atoms with Gasteiger partial charge in [-0.3, -0.25) is 0 Å². The fourth-order valence-electron chi connectivity index (χ4n) is 1.92. The van der Waals surface area contributed by atoms with Crippen molar-refractivity contribution in [3.05, 3.63) is 65.5 Å². The zero-order valence-corrected chi connectivity index (χ0v) is 11.2. The summed E-state index contributed by atoms with van der Waals surface area (Å²) < 4.78 is 18.0. The largest absolute Gasteiger partial charge is 0.497 e. The Morgan fingerprint density at radius 1 is 1.16 bits per heavy atom. The van der Waals surface area contributed by atoms with Gasteiger partial charge in [-0.2, -0.15) is 0 Å². The molecule has 3 heteroatoms. The van der Waals surface area contributed by atoms with Crippen molar-refractivity contribution >= 4 is 0 Å². The van der Waals surface area contributed by atoms with Crippen LogP contribution < -0.4 is 10.1 Å². The van der Waals surface area contributed by atoms with E-state index in [0.717, 1.165) is 23.4 Å². The topological polar surface area (TPSA) is 21.3 Å².